The number of rotatable bonds is 9. The van der Waals surface area contributed by atoms with E-state index in [1.807, 2.05) is 0 Å². The fraction of sp³-hybridized carbons (Fsp3) is 1.00. The first-order chi connectivity index (χ1) is 11.0. The fourth-order valence-electron chi connectivity index (χ4n) is 3.58. The maximum absolute atomic E-state index is 10.3. The van der Waals surface area contributed by atoms with Gasteiger partial charge >= 0.3 is 0 Å². The van der Waals surface area contributed by atoms with Crippen LogP contribution in [-0.4, -0.2) is 46.6 Å². The maximum atomic E-state index is 10.3. The maximum Gasteiger partial charge on any atom is 0.191 e. The Labute approximate surface area is 150 Å². The lowest BCUT2D eigenvalue weighted by Gasteiger charge is -2.37. The highest BCUT2D eigenvalue weighted by Crippen LogP contribution is 2.44. The summed E-state index contributed by atoms with van der Waals surface area (Å²) in [6.07, 6.45) is 1.71. The van der Waals surface area contributed by atoms with Crippen molar-refractivity contribution >= 4 is 8.32 Å². The molecule has 1 saturated carbocycles. The molecule has 0 aliphatic heterocycles. The number of aliphatic hydroxyl groups excluding tert-OH is 1. The van der Waals surface area contributed by atoms with Crippen LogP contribution in [0.5, 0.6) is 0 Å². The Bertz CT molecular complexity index is 367. The third-order valence-electron chi connectivity index (χ3n) is 6.38. The highest BCUT2D eigenvalue weighted by atomic mass is 28.4. The van der Waals surface area contributed by atoms with E-state index in [1.54, 1.807) is 7.11 Å². The Balaban J connectivity index is 2.58. The van der Waals surface area contributed by atoms with E-state index in [4.69, 9.17) is 13.9 Å². The molecule has 5 atom stereocenters. The zero-order valence-corrected chi connectivity index (χ0v) is 18.1. The minimum atomic E-state index is -1.69. The van der Waals surface area contributed by atoms with Gasteiger partial charge in [0.1, 0.15) is 6.79 Å². The largest absolute Gasteiger partial charge is 0.417 e. The third-order valence-corrected chi connectivity index (χ3v) is 10.9. The first-order valence-corrected chi connectivity index (χ1v) is 12.3. The molecule has 0 amide bonds. The Kier molecular flexibility index (Phi) is 8.40. The Hall–Kier alpha value is 0.0569. The van der Waals surface area contributed by atoms with E-state index < -0.39 is 8.32 Å². The fourth-order valence-corrected chi connectivity index (χ4v) is 4.64. The molecule has 1 aliphatic rings. The van der Waals surface area contributed by atoms with Gasteiger partial charge in [-0.25, -0.2) is 0 Å². The van der Waals surface area contributed by atoms with Crippen molar-refractivity contribution < 1.29 is 19.0 Å². The van der Waals surface area contributed by atoms with Crippen LogP contribution in [0.15, 0.2) is 0 Å². The first kappa shape index (κ1) is 22.1. The van der Waals surface area contributed by atoms with Gasteiger partial charge in [0.2, 0.25) is 0 Å². The zero-order chi connectivity index (χ0) is 18.5. The van der Waals surface area contributed by atoms with Gasteiger partial charge in [0, 0.05) is 13.7 Å². The Morgan fingerprint density at radius 1 is 1.25 bits per heavy atom. The number of ether oxygens (including phenoxy) is 2. The van der Waals surface area contributed by atoms with Crippen molar-refractivity contribution in [2.24, 2.45) is 23.7 Å². The second-order valence-corrected chi connectivity index (χ2v) is 14.0. The van der Waals surface area contributed by atoms with Crippen molar-refractivity contribution in [1.29, 1.82) is 0 Å². The summed E-state index contributed by atoms with van der Waals surface area (Å²) in [5.41, 5.74) is 0. The monoisotopic (exact) mass is 360 g/mol. The molecule has 0 heterocycles. The summed E-state index contributed by atoms with van der Waals surface area (Å²) in [5, 5.41) is 10.6. The van der Waals surface area contributed by atoms with Crippen molar-refractivity contribution in [1.82, 2.24) is 0 Å². The van der Waals surface area contributed by atoms with Gasteiger partial charge < -0.3 is 19.0 Å². The molecule has 0 spiro atoms. The number of hydrogen-bond donors (Lipinski definition) is 1. The van der Waals surface area contributed by atoms with Crippen molar-refractivity contribution in [3.8, 4) is 0 Å². The molecule has 144 valence electrons. The summed E-state index contributed by atoms with van der Waals surface area (Å²) < 4.78 is 16.9. The molecule has 1 fully saturated rings. The highest BCUT2D eigenvalue weighted by molar-refractivity contribution is 6.74. The lowest BCUT2D eigenvalue weighted by Crippen LogP contribution is -2.41. The highest BCUT2D eigenvalue weighted by Gasteiger charge is 2.43. The minimum absolute atomic E-state index is 0.197. The van der Waals surface area contributed by atoms with Gasteiger partial charge in [-0.05, 0) is 54.6 Å². The summed E-state index contributed by atoms with van der Waals surface area (Å²) in [4.78, 5) is 0. The molecule has 0 aromatic heterocycles. The van der Waals surface area contributed by atoms with Gasteiger partial charge in [-0.3, -0.25) is 0 Å². The van der Waals surface area contributed by atoms with E-state index in [2.05, 4.69) is 47.7 Å². The number of hydrogen-bond acceptors (Lipinski definition) is 4. The molecular weight excluding hydrogens is 320 g/mol. The van der Waals surface area contributed by atoms with E-state index in [0.717, 1.165) is 19.4 Å². The van der Waals surface area contributed by atoms with Crippen LogP contribution in [0, 0.1) is 23.7 Å². The minimum Gasteiger partial charge on any atom is -0.417 e. The Morgan fingerprint density at radius 2 is 1.88 bits per heavy atom. The molecule has 0 radical (unpaired) electrons. The van der Waals surface area contributed by atoms with Crippen molar-refractivity contribution in [2.45, 2.75) is 71.7 Å². The molecule has 0 aromatic rings. The van der Waals surface area contributed by atoms with E-state index >= 15 is 0 Å². The van der Waals surface area contributed by atoms with Crippen molar-refractivity contribution in [3.63, 3.8) is 0 Å². The van der Waals surface area contributed by atoms with Crippen LogP contribution >= 0.6 is 0 Å². The van der Waals surface area contributed by atoms with Crippen LogP contribution in [0.4, 0.5) is 0 Å². The van der Waals surface area contributed by atoms with Gasteiger partial charge in [-0.15, -0.1) is 0 Å². The molecule has 5 heteroatoms. The zero-order valence-electron chi connectivity index (χ0n) is 17.1. The predicted octanol–water partition coefficient (Wildman–Crippen LogP) is 4.29. The van der Waals surface area contributed by atoms with E-state index in [9.17, 15) is 5.11 Å². The van der Waals surface area contributed by atoms with E-state index in [0.29, 0.717) is 37.1 Å². The van der Waals surface area contributed by atoms with Gasteiger partial charge in [0.05, 0.1) is 12.7 Å². The molecule has 0 unspecified atom stereocenters. The topological polar surface area (TPSA) is 47.9 Å². The van der Waals surface area contributed by atoms with E-state index in [1.165, 1.54) is 0 Å². The van der Waals surface area contributed by atoms with Crippen LogP contribution in [0.1, 0.15) is 47.5 Å². The standard InChI is InChI=1S/C19H40O4Si/c1-14(12-22-13-21-6)17-11-18(20)15(2)16(17)9-10-23-24(7,8)19(3,4)5/h14-18,20H,9-13H2,1-8H3/t14-,15+,16+,17+,18-/m1/s1. The lowest BCUT2D eigenvalue weighted by atomic mass is 9.81. The van der Waals surface area contributed by atoms with E-state index in [-0.39, 0.29) is 11.1 Å². The number of aliphatic hydroxyl groups is 1. The second-order valence-electron chi connectivity index (χ2n) is 9.14. The number of methoxy groups -OCH3 is 1. The summed E-state index contributed by atoms with van der Waals surface area (Å²) >= 11 is 0. The molecule has 1 aliphatic carbocycles. The lowest BCUT2D eigenvalue weighted by molar-refractivity contribution is -0.0508. The average molecular weight is 361 g/mol. The second kappa shape index (κ2) is 9.13. The van der Waals surface area contributed by atoms with Crippen LogP contribution < -0.4 is 0 Å². The molecule has 0 aromatic carbocycles. The molecule has 0 saturated heterocycles. The van der Waals surface area contributed by atoms with Crippen LogP contribution in [0.25, 0.3) is 0 Å². The van der Waals surface area contributed by atoms with Gasteiger partial charge in [-0.1, -0.05) is 34.6 Å². The summed E-state index contributed by atoms with van der Waals surface area (Å²) in [6.45, 7) is 17.7. The normalized spacial score (nSPS) is 29.9. The van der Waals surface area contributed by atoms with Gasteiger partial charge in [0.25, 0.3) is 0 Å². The molecule has 1 N–H and O–H groups in total. The van der Waals surface area contributed by atoms with Crippen LogP contribution in [-0.2, 0) is 13.9 Å². The molecule has 1 rings (SSSR count). The molecular formula is C19H40O4Si. The van der Waals surface area contributed by atoms with Crippen LogP contribution in [0.3, 0.4) is 0 Å². The quantitative estimate of drug-likeness (QED) is 0.378. The van der Waals surface area contributed by atoms with Crippen LogP contribution in [0.2, 0.25) is 18.1 Å². The van der Waals surface area contributed by atoms with Crippen molar-refractivity contribution in [2.75, 3.05) is 27.1 Å². The smallest absolute Gasteiger partial charge is 0.191 e. The molecule has 4 nitrogen and oxygen atoms in total. The first-order valence-electron chi connectivity index (χ1n) is 9.40. The summed E-state index contributed by atoms with van der Waals surface area (Å²) in [7, 11) is -0.0488. The van der Waals surface area contributed by atoms with Crippen molar-refractivity contribution in [3.05, 3.63) is 0 Å². The average Bonchev–Trinajstić information content (AvgIpc) is 2.74. The molecule has 24 heavy (non-hydrogen) atoms. The molecule has 0 bridgehead atoms. The van der Waals surface area contributed by atoms with Gasteiger partial charge in [0.15, 0.2) is 8.32 Å². The van der Waals surface area contributed by atoms with Gasteiger partial charge in [-0.2, -0.15) is 0 Å². The predicted molar refractivity (Wildman–Crippen MR) is 102 cm³/mol. The Morgan fingerprint density at radius 3 is 2.42 bits per heavy atom. The summed E-state index contributed by atoms with van der Waals surface area (Å²) in [5.74, 6) is 1.77. The SMILES string of the molecule is COCOC[C@@H](C)[C@@H]1C[C@@H](O)[C@@H](C)[C@@H]1CCO[Si](C)(C)C(C)(C)C. The summed E-state index contributed by atoms with van der Waals surface area (Å²) in [6, 6.07) is 0. The third kappa shape index (κ3) is 5.80.